The monoisotopic (exact) mass is 571 g/mol. The van der Waals surface area contributed by atoms with Crippen LogP contribution in [-0.4, -0.2) is 10.1 Å². The van der Waals surface area contributed by atoms with Crippen LogP contribution in [0.5, 0.6) is 0 Å². The van der Waals surface area contributed by atoms with Crippen molar-refractivity contribution in [1.82, 2.24) is 10.3 Å². The summed E-state index contributed by atoms with van der Waals surface area (Å²) >= 11 is 12.7. The minimum atomic E-state index is -0.311. The molecule has 3 heterocycles. The van der Waals surface area contributed by atoms with Crippen LogP contribution in [0.1, 0.15) is 23.5 Å². The van der Waals surface area contributed by atoms with E-state index >= 15 is 0 Å². The molecule has 0 unspecified atom stereocenters. The number of anilines is 1. The molecule has 0 bridgehead atoms. The number of furan rings is 1. The summed E-state index contributed by atoms with van der Waals surface area (Å²) < 4.78 is 21.5. The third-order valence-corrected chi connectivity index (χ3v) is 6.82. The van der Waals surface area contributed by atoms with Gasteiger partial charge in [0.1, 0.15) is 23.4 Å². The normalized spacial score (nSPS) is 18.1. The Morgan fingerprint density at radius 3 is 2.53 bits per heavy atom. The second-order valence-electron chi connectivity index (χ2n) is 7.30. The minimum Gasteiger partial charge on any atom is -0.459 e. The van der Waals surface area contributed by atoms with Crippen molar-refractivity contribution in [2.24, 2.45) is 0 Å². The van der Waals surface area contributed by atoms with E-state index in [0.29, 0.717) is 15.3 Å². The summed E-state index contributed by atoms with van der Waals surface area (Å²) in [7, 11) is 0. The number of nitrogens with zero attached hydrogens (tertiary/aromatic N) is 2. The van der Waals surface area contributed by atoms with Gasteiger partial charge >= 0.3 is 0 Å². The van der Waals surface area contributed by atoms with Gasteiger partial charge in [-0.05, 0) is 94.9 Å². The van der Waals surface area contributed by atoms with E-state index < -0.39 is 0 Å². The molecule has 2 aromatic heterocycles. The molecular weight excluding hydrogens is 557 g/mol. The molecule has 2 aromatic carbocycles. The van der Waals surface area contributed by atoms with Gasteiger partial charge in [0.05, 0.1) is 11.7 Å². The first-order valence-corrected chi connectivity index (χ1v) is 11.8. The number of hydrogen-bond acceptors (Lipinski definition) is 3. The highest BCUT2D eigenvalue weighted by Gasteiger charge is 2.42. The quantitative estimate of drug-likeness (QED) is 0.262. The fourth-order valence-electron chi connectivity index (χ4n) is 3.87. The topological polar surface area (TPSA) is 41.3 Å². The molecule has 1 saturated heterocycles. The number of halogens is 3. The number of hydrogen-bond donors (Lipinski definition) is 1. The predicted octanol–water partition coefficient (Wildman–Crippen LogP) is 7.18. The van der Waals surface area contributed by atoms with Crippen LogP contribution >= 0.6 is 44.1 Å². The third-order valence-electron chi connectivity index (χ3n) is 5.32. The predicted molar refractivity (Wildman–Crippen MR) is 134 cm³/mol. The largest absolute Gasteiger partial charge is 0.459 e. The summed E-state index contributed by atoms with van der Waals surface area (Å²) in [5.41, 5.74) is 2.58. The average Bonchev–Trinajstić information content (AvgIpc) is 3.39. The zero-order chi connectivity index (χ0) is 22.2. The smallest absolute Gasteiger partial charge is 0.174 e. The van der Waals surface area contributed by atoms with Gasteiger partial charge in [-0.3, -0.25) is 4.98 Å². The lowest BCUT2D eigenvalue weighted by Crippen LogP contribution is -2.29. The molecule has 2 atom stereocenters. The average molecular weight is 573 g/mol. The molecule has 0 spiro atoms. The van der Waals surface area contributed by atoms with Crippen molar-refractivity contribution in [1.29, 1.82) is 0 Å². The molecule has 160 valence electrons. The zero-order valence-electron chi connectivity index (χ0n) is 16.5. The van der Waals surface area contributed by atoms with Crippen molar-refractivity contribution >= 4 is 54.9 Å². The Balaban J connectivity index is 1.60. The van der Waals surface area contributed by atoms with Gasteiger partial charge in [-0.15, -0.1) is 0 Å². The van der Waals surface area contributed by atoms with Crippen molar-refractivity contribution < 1.29 is 8.81 Å². The number of rotatable bonds is 4. The third kappa shape index (κ3) is 3.98. The van der Waals surface area contributed by atoms with Crippen LogP contribution in [0.25, 0.3) is 11.3 Å². The SMILES string of the molecule is Fc1ccc(-c2ccc([C@@H]3[C@H](c4ccccn4)NC(=S)N3c3ccc(Br)cc3)o2)c(Br)c1. The minimum absolute atomic E-state index is 0.206. The Bertz CT molecular complexity index is 1280. The molecule has 4 nitrogen and oxygen atoms in total. The van der Waals surface area contributed by atoms with E-state index in [1.54, 1.807) is 12.3 Å². The first-order chi connectivity index (χ1) is 15.5. The molecule has 1 aliphatic heterocycles. The van der Waals surface area contributed by atoms with E-state index in [1.807, 2.05) is 59.5 Å². The lowest BCUT2D eigenvalue weighted by Gasteiger charge is -2.26. The first-order valence-electron chi connectivity index (χ1n) is 9.82. The Labute approximate surface area is 206 Å². The number of pyridine rings is 1. The maximum Gasteiger partial charge on any atom is 0.174 e. The summed E-state index contributed by atoms with van der Waals surface area (Å²) in [6, 6.07) is 21.7. The van der Waals surface area contributed by atoms with Crippen LogP contribution in [-0.2, 0) is 0 Å². The molecule has 4 aromatic rings. The molecule has 0 radical (unpaired) electrons. The van der Waals surface area contributed by atoms with Gasteiger partial charge in [-0.1, -0.05) is 22.0 Å². The van der Waals surface area contributed by atoms with Crippen LogP contribution in [0.15, 0.2) is 92.4 Å². The van der Waals surface area contributed by atoms with E-state index in [0.717, 1.165) is 27.2 Å². The highest BCUT2D eigenvalue weighted by atomic mass is 79.9. The summed E-state index contributed by atoms with van der Waals surface area (Å²) in [4.78, 5) is 6.60. The molecule has 8 heteroatoms. The molecular formula is C24H16Br2FN3OS. The molecule has 1 N–H and O–H groups in total. The van der Waals surface area contributed by atoms with Crippen molar-refractivity contribution in [3.8, 4) is 11.3 Å². The molecule has 32 heavy (non-hydrogen) atoms. The first kappa shape index (κ1) is 21.3. The standard InChI is InChI=1S/C24H16Br2FN3OS/c25-14-4-7-16(8-5-14)30-23(22(29-24(30)32)19-3-1-2-12-28-19)21-11-10-20(31-21)17-9-6-15(27)13-18(17)26/h1-13,22-23H,(H,29,32)/t22-,23+/m0/s1. The van der Waals surface area contributed by atoms with Gasteiger partial charge in [-0.25, -0.2) is 4.39 Å². The van der Waals surface area contributed by atoms with Crippen molar-refractivity contribution in [2.75, 3.05) is 4.90 Å². The highest BCUT2D eigenvalue weighted by molar-refractivity contribution is 9.10. The van der Waals surface area contributed by atoms with E-state index in [1.165, 1.54) is 12.1 Å². The zero-order valence-corrected chi connectivity index (χ0v) is 20.5. The molecule has 5 rings (SSSR count). The van der Waals surface area contributed by atoms with Gasteiger partial charge in [0, 0.05) is 26.4 Å². The second-order valence-corrected chi connectivity index (χ2v) is 9.46. The fraction of sp³-hybridized carbons (Fsp3) is 0.0833. The van der Waals surface area contributed by atoms with Crippen LogP contribution in [0.4, 0.5) is 10.1 Å². The van der Waals surface area contributed by atoms with Crippen molar-refractivity contribution in [2.45, 2.75) is 12.1 Å². The Morgan fingerprint density at radius 2 is 1.81 bits per heavy atom. The second kappa shape index (κ2) is 8.77. The van der Waals surface area contributed by atoms with Gasteiger partial charge in [-0.2, -0.15) is 0 Å². The number of thiocarbonyl (C=S) groups is 1. The Hall–Kier alpha value is -2.55. The lowest BCUT2D eigenvalue weighted by molar-refractivity contribution is 0.439. The van der Waals surface area contributed by atoms with Gasteiger partial charge in [0.15, 0.2) is 5.11 Å². The highest BCUT2D eigenvalue weighted by Crippen LogP contribution is 2.43. The maximum absolute atomic E-state index is 13.6. The Morgan fingerprint density at radius 1 is 1.00 bits per heavy atom. The summed E-state index contributed by atoms with van der Waals surface area (Å²) in [6.45, 7) is 0. The molecule has 1 fully saturated rings. The Kier molecular flexibility index (Phi) is 5.84. The van der Waals surface area contributed by atoms with Crippen LogP contribution in [0.2, 0.25) is 0 Å². The molecule has 0 aliphatic carbocycles. The number of benzene rings is 2. The van der Waals surface area contributed by atoms with E-state index in [9.17, 15) is 4.39 Å². The van der Waals surface area contributed by atoms with E-state index in [-0.39, 0.29) is 17.9 Å². The van der Waals surface area contributed by atoms with Crippen LogP contribution < -0.4 is 10.2 Å². The number of aromatic nitrogens is 1. The lowest BCUT2D eigenvalue weighted by atomic mass is 10.0. The van der Waals surface area contributed by atoms with Gasteiger partial charge in [0.2, 0.25) is 0 Å². The summed E-state index contributed by atoms with van der Waals surface area (Å²) in [6.07, 6.45) is 1.77. The maximum atomic E-state index is 13.6. The fourth-order valence-corrected chi connectivity index (χ4v) is 5.03. The van der Waals surface area contributed by atoms with E-state index in [2.05, 4.69) is 42.2 Å². The van der Waals surface area contributed by atoms with E-state index in [4.69, 9.17) is 16.6 Å². The van der Waals surface area contributed by atoms with Gasteiger partial charge < -0.3 is 14.6 Å². The summed E-state index contributed by atoms with van der Waals surface area (Å²) in [5.74, 6) is 1.05. The molecule has 1 aliphatic rings. The van der Waals surface area contributed by atoms with Crippen LogP contribution in [0.3, 0.4) is 0 Å². The van der Waals surface area contributed by atoms with Crippen molar-refractivity contribution in [3.05, 3.63) is 105 Å². The molecule has 0 amide bonds. The van der Waals surface area contributed by atoms with Crippen molar-refractivity contribution in [3.63, 3.8) is 0 Å². The number of nitrogens with one attached hydrogen (secondary N) is 1. The van der Waals surface area contributed by atoms with Gasteiger partial charge in [0.25, 0.3) is 0 Å². The molecule has 0 saturated carbocycles. The summed E-state index contributed by atoms with van der Waals surface area (Å²) in [5, 5.41) is 4.01. The van der Waals surface area contributed by atoms with Crippen LogP contribution in [0, 0.1) is 5.82 Å².